The first kappa shape index (κ1) is 25.9. The SMILES string of the molecule is COc1cc(C2c3c(oc4ccc(Cl)cc4c3=O)C(=O)N2c2nc(C)c(C(C)=O)s2)ccc1OCC(C)C. The van der Waals surface area contributed by atoms with E-state index < -0.39 is 11.9 Å². The molecule has 0 saturated heterocycles. The molecule has 0 spiro atoms. The number of thiazole rings is 1. The highest BCUT2D eigenvalue weighted by molar-refractivity contribution is 7.17. The number of aryl methyl sites for hydroxylation is 1. The summed E-state index contributed by atoms with van der Waals surface area (Å²) in [5.41, 5.74) is 1.15. The van der Waals surface area contributed by atoms with Crippen LogP contribution in [0.1, 0.15) is 63.9 Å². The number of hydrogen-bond donors (Lipinski definition) is 0. The van der Waals surface area contributed by atoms with Crippen LogP contribution < -0.4 is 19.8 Å². The smallest absolute Gasteiger partial charge is 0.297 e. The van der Waals surface area contributed by atoms with E-state index in [0.717, 1.165) is 11.3 Å². The fraction of sp³-hybridized carbons (Fsp3) is 0.286. The Morgan fingerprint density at radius 3 is 2.61 bits per heavy atom. The lowest BCUT2D eigenvalue weighted by atomic mass is 9.98. The van der Waals surface area contributed by atoms with Crippen LogP contribution in [0.4, 0.5) is 5.13 Å². The molecule has 1 aliphatic rings. The highest BCUT2D eigenvalue weighted by Gasteiger charge is 2.45. The maximum absolute atomic E-state index is 13.8. The van der Waals surface area contributed by atoms with Crippen molar-refractivity contribution in [2.24, 2.45) is 5.92 Å². The van der Waals surface area contributed by atoms with Crippen molar-refractivity contribution in [2.75, 3.05) is 18.6 Å². The van der Waals surface area contributed by atoms with Gasteiger partial charge in [0.05, 0.1) is 41.3 Å². The molecule has 3 heterocycles. The number of hydrogen-bond acceptors (Lipinski definition) is 8. The Hall–Kier alpha value is -3.69. The summed E-state index contributed by atoms with van der Waals surface area (Å²) in [6.45, 7) is 7.74. The number of carbonyl (C=O) groups excluding carboxylic acids is 2. The summed E-state index contributed by atoms with van der Waals surface area (Å²) in [5.74, 6) is 0.546. The summed E-state index contributed by atoms with van der Waals surface area (Å²) in [7, 11) is 1.53. The number of anilines is 1. The molecule has 2 aromatic carbocycles. The van der Waals surface area contributed by atoms with E-state index in [1.165, 1.54) is 25.0 Å². The number of ketones is 1. The Balaban J connectivity index is 1.74. The lowest BCUT2D eigenvalue weighted by Gasteiger charge is -2.23. The molecule has 0 bridgehead atoms. The molecule has 5 rings (SSSR count). The molecule has 2 aromatic heterocycles. The van der Waals surface area contributed by atoms with Gasteiger partial charge in [-0.2, -0.15) is 0 Å². The lowest BCUT2D eigenvalue weighted by Crippen LogP contribution is -2.29. The summed E-state index contributed by atoms with van der Waals surface area (Å²) in [6, 6.07) is 9.09. The third kappa shape index (κ3) is 4.35. The van der Waals surface area contributed by atoms with Crippen LogP contribution >= 0.6 is 22.9 Å². The predicted molar refractivity (Wildman–Crippen MR) is 146 cm³/mol. The number of methoxy groups -OCH3 is 1. The number of carbonyl (C=O) groups is 2. The normalized spacial score (nSPS) is 14.9. The molecule has 4 aromatic rings. The van der Waals surface area contributed by atoms with Gasteiger partial charge in [0.15, 0.2) is 27.8 Å². The second kappa shape index (κ2) is 9.89. The van der Waals surface area contributed by atoms with E-state index in [0.29, 0.717) is 45.2 Å². The Labute approximate surface area is 227 Å². The van der Waals surface area contributed by atoms with Crippen molar-refractivity contribution >= 4 is 50.7 Å². The quantitative estimate of drug-likeness (QED) is 0.251. The summed E-state index contributed by atoms with van der Waals surface area (Å²) in [6.07, 6.45) is 0. The first-order chi connectivity index (χ1) is 18.1. The summed E-state index contributed by atoms with van der Waals surface area (Å²) >= 11 is 7.28. The van der Waals surface area contributed by atoms with Crippen LogP contribution in [0.3, 0.4) is 0 Å². The van der Waals surface area contributed by atoms with E-state index in [-0.39, 0.29) is 38.6 Å². The molecule has 1 atom stereocenters. The van der Waals surface area contributed by atoms with Crippen LogP contribution in [0.2, 0.25) is 5.02 Å². The van der Waals surface area contributed by atoms with Gasteiger partial charge in [0, 0.05) is 11.9 Å². The molecule has 196 valence electrons. The molecule has 1 amide bonds. The summed E-state index contributed by atoms with van der Waals surface area (Å²) in [4.78, 5) is 46.2. The molecule has 1 aliphatic heterocycles. The maximum Gasteiger partial charge on any atom is 0.297 e. The Kier molecular flexibility index (Phi) is 6.75. The van der Waals surface area contributed by atoms with Crippen LogP contribution in [-0.4, -0.2) is 30.4 Å². The minimum Gasteiger partial charge on any atom is -0.493 e. The maximum atomic E-state index is 13.8. The number of ether oxygens (including phenoxy) is 2. The van der Waals surface area contributed by atoms with Gasteiger partial charge in [-0.25, -0.2) is 4.98 Å². The van der Waals surface area contributed by atoms with Gasteiger partial charge in [-0.05, 0) is 48.7 Å². The third-order valence-electron chi connectivity index (χ3n) is 6.22. The fourth-order valence-electron chi connectivity index (χ4n) is 4.50. The van der Waals surface area contributed by atoms with Gasteiger partial charge in [0.1, 0.15) is 5.58 Å². The molecular formula is C28H25ClN2O6S. The third-order valence-corrected chi connectivity index (χ3v) is 7.71. The summed E-state index contributed by atoms with van der Waals surface area (Å²) in [5, 5.41) is 0.923. The zero-order valence-electron chi connectivity index (χ0n) is 21.5. The molecular weight excluding hydrogens is 528 g/mol. The second-order valence-electron chi connectivity index (χ2n) is 9.47. The highest BCUT2D eigenvalue weighted by Crippen LogP contribution is 2.45. The van der Waals surface area contributed by atoms with Crippen molar-refractivity contribution in [2.45, 2.75) is 33.7 Å². The van der Waals surface area contributed by atoms with Gasteiger partial charge in [0.2, 0.25) is 5.76 Å². The van der Waals surface area contributed by atoms with Gasteiger partial charge < -0.3 is 13.9 Å². The molecule has 0 aliphatic carbocycles. The minimum absolute atomic E-state index is 0.0776. The molecule has 8 nitrogen and oxygen atoms in total. The number of benzene rings is 2. The van der Waals surface area contributed by atoms with Crippen LogP contribution in [0, 0.1) is 12.8 Å². The van der Waals surface area contributed by atoms with E-state index in [9.17, 15) is 14.4 Å². The monoisotopic (exact) mass is 552 g/mol. The van der Waals surface area contributed by atoms with E-state index >= 15 is 0 Å². The largest absolute Gasteiger partial charge is 0.493 e. The minimum atomic E-state index is -0.879. The molecule has 1 unspecified atom stereocenters. The Morgan fingerprint density at radius 1 is 1.18 bits per heavy atom. The predicted octanol–water partition coefficient (Wildman–Crippen LogP) is 6.21. The van der Waals surface area contributed by atoms with Crippen LogP contribution in [-0.2, 0) is 0 Å². The van der Waals surface area contributed by atoms with Crippen LogP contribution in [0.5, 0.6) is 11.5 Å². The van der Waals surface area contributed by atoms with Gasteiger partial charge in [0.25, 0.3) is 5.91 Å². The number of nitrogens with zero attached hydrogens (tertiary/aromatic N) is 2. The van der Waals surface area contributed by atoms with Crippen molar-refractivity contribution in [3.63, 3.8) is 0 Å². The lowest BCUT2D eigenvalue weighted by molar-refractivity contribution is 0.0969. The van der Waals surface area contributed by atoms with Gasteiger partial charge in [-0.3, -0.25) is 19.3 Å². The zero-order valence-corrected chi connectivity index (χ0v) is 23.0. The summed E-state index contributed by atoms with van der Waals surface area (Å²) < 4.78 is 17.5. The zero-order chi connectivity index (χ0) is 27.3. The molecule has 0 fully saturated rings. The van der Waals surface area contributed by atoms with Gasteiger partial charge in [-0.15, -0.1) is 0 Å². The molecule has 0 N–H and O–H groups in total. The van der Waals surface area contributed by atoms with Crippen molar-refractivity contribution in [1.29, 1.82) is 0 Å². The van der Waals surface area contributed by atoms with Crippen molar-refractivity contribution in [1.82, 2.24) is 4.98 Å². The van der Waals surface area contributed by atoms with Crippen LogP contribution in [0.25, 0.3) is 11.0 Å². The Bertz CT molecular complexity index is 1660. The van der Waals surface area contributed by atoms with Crippen molar-refractivity contribution in [3.8, 4) is 11.5 Å². The highest BCUT2D eigenvalue weighted by atomic mass is 35.5. The molecule has 38 heavy (non-hydrogen) atoms. The van der Waals surface area contributed by atoms with E-state index in [1.807, 2.05) is 13.8 Å². The molecule has 0 saturated carbocycles. The molecule has 10 heteroatoms. The number of rotatable bonds is 7. The number of aromatic nitrogens is 1. The number of Topliss-reactive ketones (excluding diaryl/α,β-unsaturated/α-hetero) is 1. The Morgan fingerprint density at radius 2 is 1.95 bits per heavy atom. The first-order valence-electron chi connectivity index (χ1n) is 12.0. The first-order valence-corrected chi connectivity index (χ1v) is 13.2. The average Bonchev–Trinajstić information content (AvgIpc) is 3.40. The van der Waals surface area contributed by atoms with E-state index in [1.54, 1.807) is 37.3 Å². The van der Waals surface area contributed by atoms with Crippen LogP contribution in [0.15, 0.2) is 45.6 Å². The molecule has 0 radical (unpaired) electrons. The van der Waals surface area contributed by atoms with Crippen molar-refractivity contribution < 1.29 is 23.5 Å². The fourth-order valence-corrected chi connectivity index (χ4v) is 5.66. The van der Waals surface area contributed by atoms with E-state index in [2.05, 4.69) is 4.98 Å². The average molecular weight is 553 g/mol. The van der Waals surface area contributed by atoms with Crippen molar-refractivity contribution in [3.05, 3.63) is 79.1 Å². The second-order valence-corrected chi connectivity index (χ2v) is 10.9. The van der Waals surface area contributed by atoms with Gasteiger partial charge >= 0.3 is 0 Å². The number of halogens is 1. The topological polar surface area (TPSA) is 98.9 Å². The standard InChI is InChI=1S/C28H25ClN2O6S/c1-13(2)12-36-20-8-6-16(10-21(20)35-5)23-22-24(33)18-11-17(29)7-9-19(18)37-25(22)27(34)31(23)28-30-14(3)26(38-28)15(4)32/h6-11,13,23H,12H2,1-5H3. The number of amides is 1. The van der Waals surface area contributed by atoms with E-state index in [4.69, 9.17) is 25.5 Å². The number of fused-ring (bicyclic) bond motifs is 2. The van der Waals surface area contributed by atoms with Gasteiger partial charge in [-0.1, -0.05) is 42.9 Å².